The predicted octanol–water partition coefficient (Wildman–Crippen LogP) is 3.95. The van der Waals surface area contributed by atoms with E-state index in [0.717, 1.165) is 18.4 Å². The number of halogens is 4. The molecule has 0 saturated heterocycles. The maximum absolute atomic E-state index is 13.1. The summed E-state index contributed by atoms with van der Waals surface area (Å²) in [6.45, 7) is 0.521. The fourth-order valence-electron chi connectivity index (χ4n) is 3.21. The quantitative estimate of drug-likeness (QED) is 0.719. The van der Waals surface area contributed by atoms with E-state index in [0.29, 0.717) is 5.56 Å². The summed E-state index contributed by atoms with van der Waals surface area (Å²) in [5.41, 5.74) is -0.246. The molecule has 2 aliphatic rings. The summed E-state index contributed by atoms with van der Waals surface area (Å²) in [6, 6.07) is 9.18. The minimum absolute atomic E-state index is 0.00223. The number of nitrogens with one attached hydrogen (secondary N) is 1. The van der Waals surface area contributed by atoms with Crippen LogP contribution in [0.2, 0.25) is 0 Å². The number of aliphatic imine (C=N–C) groups is 1. The van der Waals surface area contributed by atoms with E-state index in [4.69, 9.17) is 4.74 Å². The van der Waals surface area contributed by atoms with Crippen molar-refractivity contribution in [3.63, 3.8) is 0 Å². The minimum atomic E-state index is -4.55. The van der Waals surface area contributed by atoms with E-state index < -0.39 is 29.5 Å². The predicted molar refractivity (Wildman–Crippen MR) is 106 cm³/mol. The van der Waals surface area contributed by atoms with Gasteiger partial charge >= 0.3 is 18.2 Å². The van der Waals surface area contributed by atoms with Gasteiger partial charge in [-0.25, -0.2) is 9.18 Å². The van der Waals surface area contributed by atoms with Crippen LogP contribution in [0.1, 0.15) is 11.1 Å². The molecule has 0 bridgehead atoms. The van der Waals surface area contributed by atoms with Gasteiger partial charge in [-0.1, -0.05) is 18.2 Å². The highest BCUT2D eigenvalue weighted by Gasteiger charge is 2.34. The summed E-state index contributed by atoms with van der Waals surface area (Å²) in [5.74, 6) is -1.11. The highest BCUT2D eigenvalue weighted by atomic mass is 19.4. The van der Waals surface area contributed by atoms with Gasteiger partial charge in [0.2, 0.25) is 0 Å². The standard InChI is InChI=1S/C21H16F4N4O3/c22-15-6-4-13(5-7-15)11-28-8-9-29-17(12-32-20(29)27-19(28)31)18(30)26-16-3-1-2-14(10-16)21(23,24)25/h1-7,10,12H,8-9,11H2,(H,26,30). The number of hydrogen-bond donors (Lipinski definition) is 1. The molecule has 1 N–H and O–H groups in total. The molecule has 3 amide bonds. The van der Waals surface area contributed by atoms with E-state index in [1.807, 2.05) is 0 Å². The number of ether oxygens (including phenoxy) is 1. The molecule has 0 aromatic heterocycles. The molecule has 0 saturated carbocycles. The zero-order valence-electron chi connectivity index (χ0n) is 16.4. The number of fused-ring (bicyclic) bond motifs is 1. The average molecular weight is 448 g/mol. The van der Waals surface area contributed by atoms with Crippen LogP contribution in [0.15, 0.2) is 65.5 Å². The molecule has 0 radical (unpaired) electrons. The van der Waals surface area contributed by atoms with Crippen molar-refractivity contribution in [3.8, 4) is 0 Å². The van der Waals surface area contributed by atoms with Crippen molar-refractivity contribution in [1.82, 2.24) is 9.80 Å². The molecule has 4 rings (SSSR count). The van der Waals surface area contributed by atoms with Crippen LogP contribution in [0.4, 0.5) is 28.0 Å². The molecule has 2 aromatic rings. The van der Waals surface area contributed by atoms with Crippen LogP contribution in [0.3, 0.4) is 0 Å². The van der Waals surface area contributed by atoms with E-state index in [1.54, 1.807) is 12.1 Å². The molecular formula is C21H16F4N4O3. The first-order chi connectivity index (χ1) is 15.2. The number of rotatable bonds is 4. The van der Waals surface area contributed by atoms with Gasteiger partial charge in [-0.2, -0.15) is 13.2 Å². The molecule has 2 heterocycles. The van der Waals surface area contributed by atoms with Gasteiger partial charge in [-0.05, 0) is 35.9 Å². The first-order valence-electron chi connectivity index (χ1n) is 9.46. The van der Waals surface area contributed by atoms with Crippen LogP contribution < -0.4 is 5.32 Å². The Morgan fingerprint density at radius 1 is 1.12 bits per heavy atom. The maximum atomic E-state index is 13.1. The molecule has 0 aliphatic carbocycles. The van der Waals surface area contributed by atoms with E-state index >= 15 is 0 Å². The summed E-state index contributed by atoms with van der Waals surface area (Å²) >= 11 is 0. The van der Waals surface area contributed by atoms with Gasteiger partial charge in [0.05, 0.1) is 5.56 Å². The van der Waals surface area contributed by atoms with Gasteiger partial charge < -0.3 is 15.0 Å². The number of nitrogens with zero attached hydrogens (tertiary/aromatic N) is 3. The van der Waals surface area contributed by atoms with Crippen LogP contribution >= 0.6 is 0 Å². The number of carbonyl (C=O) groups excluding carboxylic acids is 2. The zero-order valence-corrected chi connectivity index (χ0v) is 16.4. The van der Waals surface area contributed by atoms with Crippen LogP contribution in [0, 0.1) is 5.82 Å². The van der Waals surface area contributed by atoms with Crippen molar-refractivity contribution in [2.75, 3.05) is 18.4 Å². The number of amides is 3. The van der Waals surface area contributed by atoms with Gasteiger partial charge in [0.25, 0.3) is 5.91 Å². The van der Waals surface area contributed by atoms with E-state index in [-0.39, 0.29) is 37.0 Å². The van der Waals surface area contributed by atoms with E-state index in [1.165, 1.54) is 34.1 Å². The molecule has 0 atom stereocenters. The van der Waals surface area contributed by atoms with Crippen molar-refractivity contribution in [2.24, 2.45) is 4.99 Å². The Kier molecular flexibility index (Phi) is 5.56. The lowest BCUT2D eigenvalue weighted by Crippen LogP contribution is -2.36. The average Bonchev–Trinajstić information content (AvgIpc) is 3.07. The molecular weight excluding hydrogens is 432 g/mol. The molecule has 32 heavy (non-hydrogen) atoms. The lowest BCUT2D eigenvalue weighted by Gasteiger charge is -2.21. The van der Waals surface area contributed by atoms with Crippen LogP contribution in [0.25, 0.3) is 0 Å². The zero-order chi connectivity index (χ0) is 22.9. The second-order valence-electron chi connectivity index (χ2n) is 7.03. The third-order valence-electron chi connectivity index (χ3n) is 4.82. The lowest BCUT2D eigenvalue weighted by molar-refractivity contribution is -0.137. The number of carbonyl (C=O) groups is 2. The van der Waals surface area contributed by atoms with Crippen molar-refractivity contribution in [1.29, 1.82) is 0 Å². The number of hydrogen-bond acceptors (Lipinski definition) is 4. The summed E-state index contributed by atoms with van der Waals surface area (Å²) < 4.78 is 57.0. The molecule has 2 aliphatic heterocycles. The summed E-state index contributed by atoms with van der Waals surface area (Å²) in [6.07, 6.45) is -3.46. The van der Waals surface area contributed by atoms with Crippen molar-refractivity contribution in [3.05, 3.63) is 77.4 Å². The van der Waals surface area contributed by atoms with Gasteiger partial charge in [0, 0.05) is 25.3 Å². The second-order valence-corrected chi connectivity index (χ2v) is 7.03. The van der Waals surface area contributed by atoms with Gasteiger partial charge in [0.1, 0.15) is 17.8 Å². The van der Waals surface area contributed by atoms with Crippen molar-refractivity contribution >= 4 is 23.6 Å². The first-order valence-corrected chi connectivity index (χ1v) is 9.46. The third kappa shape index (κ3) is 4.56. The Balaban J connectivity index is 1.45. The van der Waals surface area contributed by atoms with Crippen molar-refractivity contribution in [2.45, 2.75) is 12.7 Å². The monoisotopic (exact) mass is 448 g/mol. The highest BCUT2D eigenvalue weighted by molar-refractivity contribution is 6.08. The molecule has 2 aromatic carbocycles. The molecule has 11 heteroatoms. The number of benzene rings is 2. The number of alkyl halides is 3. The van der Waals surface area contributed by atoms with Crippen LogP contribution in [0.5, 0.6) is 0 Å². The Morgan fingerprint density at radius 3 is 2.59 bits per heavy atom. The molecule has 0 fully saturated rings. The largest absolute Gasteiger partial charge is 0.431 e. The Hall–Kier alpha value is -3.89. The molecule has 0 unspecified atom stereocenters. The highest BCUT2D eigenvalue weighted by Crippen LogP contribution is 2.31. The second kappa shape index (κ2) is 8.33. The minimum Gasteiger partial charge on any atom is -0.431 e. The van der Waals surface area contributed by atoms with Crippen LogP contribution in [-0.4, -0.2) is 40.8 Å². The Bertz CT molecular complexity index is 1110. The van der Waals surface area contributed by atoms with E-state index in [9.17, 15) is 27.2 Å². The Morgan fingerprint density at radius 2 is 1.88 bits per heavy atom. The van der Waals surface area contributed by atoms with Gasteiger partial charge in [-0.15, -0.1) is 4.99 Å². The van der Waals surface area contributed by atoms with Crippen LogP contribution in [-0.2, 0) is 22.3 Å². The smallest absolute Gasteiger partial charge is 0.416 e. The normalized spacial score (nSPS) is 16.1. The number of amidine groups is 1. The number of urea groups is 1. The fraction of sp³-hybridized carbons (Fsp3) is 0.190. The fourth-order valence-corrected chi connectivity index (χ4v) is 3.21. The van der Waals surface area contributed by atoms with Crippen molar-refractivity contribution < 1.29 is 31.9 Å². The first kappa shape index (κ1) is 21.3. The Labute approximate surface area is 179 Å². The SMILES string of the molecule is O=C(Nc1cccc(C(F)(F)F)c1)C1=COC2=NC(=O)N(Cc3ccc(F)cc3)CCN12. The molecule has 0 spiro atoms. The lowest BCUT2D eigenvalue weighted by atomic mass is 10.2. The third-order valence-corrected chi connectivity index (χ3v) is 4.82. The molecule has 166 valence electrons. The summed E-state index contributed by atoms with van der Waals surface area (Å²) in [5, 5.41) is 2.40. The molecule has 7 nitrogen and oxygen atoms in total. The van der Waals surface area contributed by atoms with Gasteiger partial charge in [-0.3, -0.25) is 9.69 Å². The summed E-state index contributed by atoms with van der Waals surface area (Å²) in [4.78, 5) is 31.8. The number of anilines is 1. The van der Waals surface area contributed by atoms with E-state index in [2.05, 4.69) is 10.3 Å². The topological polar surface area (TPSA) is 74.2 Å². The maximum Gasteiger partial charge on any atom is 0.416 e. The van der Waals surface area contributed by atoms with Gasteiger partial charge in [0.15, 0.2) is 0 Å². The summed E-state index contributed by atoms with van der Waals surface area (Å²) in [7, 11) is 0.